The number of aryl methyl sites for hydroxylation is 1. The predicted molar refractivity (Wildman–Crippen MR) is 107 cm³/mol. The number of aromatic amines is 1. The molecule has 0 radical (unpaired) electrons. The van der Waals surface area contributed by atoms with Crippen LogP contribution in [0.1, 0.15) is 37.3 Å². The Hall–Kier alpha value is -2.49. The number of anilines is 1. The largest absolute Gasteiger partial charge is 0.492 e. The van der Waals surface area contributed by atoms with Crippen molar-refractivity contribution < 1.29 is 17.9 Å². The molecule has 1 saturated heterocycles. The molecule has 0 amide bonds. The maximum absolute atomic E-state index is 15.5. The number of nitrogens with zero attached hydrogens (tertiary/aromatic N) is 2. The number of hydrogen-bond acceptors (Lipinski definition) is 5. The minimum Gasteiger partial charge on any atom is -0.492 e. The van der Waals surface area contributed by atoms with Gasteiger partial charge in [-0.15, -0.1) is 0 Å². The number of aromatic nitrogens is 2. The number of alkyl halides is 2. The fourth-order valence-electron chi connectivity index (χ4n) is 4.51. The Labute approximate surface area is 170 Å². The maximum atomic E-state index is 15.5. The number of rotatable bonds is 6. The molecule has 7 nitrogen and oxygen atoms in total. The van der Waals surface area contributed by atoms with Gasteiger partial charge in [0.25, 0.3) is 5.56 Å². The quantitative estimate of drug-likeness (QED) is 0.739. The first-order valence-electron chi connectivity index (χ1n) is 10.1. The second kappa shape index (κ2) is 7.64. The summed E-state index contributed by atoms with van der Waals surface area (Å²) in [4.78, 5) is 29.1. The van der Waals surface area contributed by atoms with Crippen LogP contribution in [0.15, 0.2) is 9.59 Å². The summed E-state index contributed by atoms with van der Waals surface area (Å²) in [5.41, 5.74) is 5.27. The van der Waals surface area contributed by atoms with E-state index in [1.165, 1.54) is 18.6 Å². The minimum atomic E-state index is -2.50. The van der Waals surface area contributed by atoms with Gasteiger partial charge in [0.2, 0.25) is 6.43 Å². The lowest BCUT2D eigenvalue weighted by Gasteiger charge is -2.26. The van der Waals surface area contributed by atoms with Crippen LogP contribution in [0.5, 0.6) is 5.75 Å². The number of nitrogens with one attached hydrogen (secondary N) is 1. The zero-order chi connectivity index (χ0) is 21.7. The molecule has 2 heterocycles. The third-order valence-corrected chi connectivity index (χ3v) is 6.20. The Morgan fingerprint density at radius 2 is 1.97 bits per heavy atom. The monoisotopic (exact) mass is 426 g/mol. The number of H-pyrrole nitrogens is 1. The van der Waals surface area contributed by atoms with Gasteiger partial charge in [0.1, 0.15) is 11.2 Å². The van der Waals surface area contributed by atoms with E-state index in [9.17, 15) is 18.4 Å². The Kier molecular flexibility index (Phi) is 5.29. The normalized spacial score (nSPS) is 20.4. The van der Waals surface area contributed by atoms with Gasteiger partial charge >= 0.3 is 5.69 Å². The molecule has 2 unspecified atom stereocenters. The number of methoxy groups -OCH3 is 1. The molecule has 30 heavy (non-hydrogen) atoms. The number of ether oxygens (including phenoxy) is 1. The number of benzene rings is 1. The predicted octanol–water partition coefficient (Wildman–Crippen LogP) is 2.29. The van der Waals surface area contributed by atoms with E-state index in [0.717, 1.165) is 12.8 Å². The molecule has 3 N–H and O–H groups in total. The number of nitrogens with two attached hydrogens (primary N) is 1. The first kappa shape index (κ1) is 20.8. The van der Waals surface area contributed by atoms with Crippen LogP contribution in [-0.4, -0.2) is 42.2 Å². The molecule has 2 atom stereocenters. The molecule has 10 heteroatoms. The van der Waals surface area contributed by atoms with Gasteiger partial charge in [-0.2, -0.15) is 0 Å². The highest BCUT2D eigenvalue weighted by molar-refractivity contribution is 5.93. The highest BCUT2D eigenvalue weighted by atomic mass is 19.3. The topological polar surface area (TPSA) is 93.3 Å². The van der Waals surface area contributed by atoms with Crippen LogP contribution in [0, 0.1) is 18.7 Å². The van der Waals surface area contributed by atoms with Crippen molar-refractivity contribution in [2.24, 2.45) is 11.7 Å². The van der Waals surface area contributed by atoms with Gasteiger partial charge in [-0.25, -0.2) is 18.0 Å². The van der Waals surface area contributed by atoms with Crippen LogP contribution in [0.2, 0.25) is 0 Å². The Morgan fingerprint density at radius 1 is 1.27 bits per heavy atom. The summed E-state index contributed by atoms with van der Waals surface area (Å²) in [5, 5.41) is 0.0877. The molecule has 4 rings (SSSR count). The average Bonchev–Trinajstić information content (AvgIpc) is 3.38. The fourth-order valence-corrected chi connectivity index (χ4v) is 4.51. The van der Waals surface area contributed by atoms with E-state index in [0.29, 0.717) is 19.5 Å². The van der Waals surface area contributed by atoms with Crippen molar-refractivity contribution >= 4 is 16.6 Å². The fraction of sp³-hybridized carbons (Fsp3) is 0.600. The van der Waals surface area contributed by atoms with Gasteiger partial charge in [0.15, 0.2) is 11.6 Å². The lowest BCUT2D eigenvalue weighted by atomic mass is 9.97. The lowest BCUT2D eigenvalue weighted by molar-refractivity contribution is 0.120. The lowest BCUT2D eigenvalue weighted by Crippen LogP contribution is -2.35. The molecule has 1 aliphatic carbocycles. The SMILES string of the molecule is COc1c(N2CCC(C(N)CC(F)F)C2)c(F)c(C)c2c(=O)[nH]c(=O)n(C3CC3)c12. The van der Waals surface area contributed by atoms with Crippen molar-refractivity contribution in [1.29, 1.82) is 0 Å². The highest BCUT2D eigenvalue weighted by Crippen LogP contribution is 2.45. The van der Waals surface area contributed by atoms with E-state index in [-0.39, 0.29) is 39.9 Å². The number of fused-ring (bicyclic) bond motifs is 1. The third-order valence-electron chi connectivity index (χ3n) is 6.20. The molecular formula is C20H25F3N4O3. The molecule has 164 valence electrons. The van der Waals surface area contributed by atoms with Gasteiger partial charge < -0.3 is 15.4 Å². The van der Waals surface area contributed by atoms with E-state index in [1.54, 1.807) is 4.90 Å². The van der Waals surface area contributed by atoms with Crippen molar-refractivity contribution in [2.75, 3.05) is 25.1 Å². The molecule has 2 fully saturated rings. The summed E-state index contributed by atoms with van der Waals surface area (Å²) in [6, 6.07) is -0.771. The first-order chi connectivity index (χ1) is 14.2. The summed E-state index contributed by atoms with van der Waals surface area (Å²) in [5.74, 6) is -0.718. The number of hydrogen-bond donors (Lipinski definition) is 2. The summed E-state index contributed by atoms with van der Waals surface area (Å²) in [6.45, 7) is 2.20. The zero-order valence-corrected chi connectivity index (χ0v) is 16.9. The highest BCUT2D eigenvalue weighted by Gasteiger charge is 2.36. The van der Waals surface area contributed by atoms with Crippen LogP contribution in [0.25, 0.3) is 10.9 Å². The standard InChI is InChI=1S/C20H25F3N4O3/c1-9-14-16(27(11-3-4-11)20(29)25-19(14)28)18(30-2)17(15(9)23)26-6-5-10(8-26)12(24)7-13(21)22/h10-13H,3-8,24H2,1-2H3,(H,25,28,29). The van der Waals surface area contributed by atoms with Gasteiger partial charge in [0, 0.05) is 37.2 Å². The molecule has 0 spiro atoms. The van der Waals surface area contributed by atoms with E-state index >= 15 is 4.39 Å². The van der Waals surface area contributed by atoms with E-state index in [4.69, 9.17) is 10.5 Å². The van der Waals surface area contributed by atoms with Gasteiger partial charge in [-0.1, -0.05) is 0 Å². The Morgan fingerprint density at radius 3 is 2.57 bits per heavy atom. The second-order valence-corrected chi connectivity index (χ2v) is 8.19. The Balaban J connectivity index is 1.87. The molecule has 1 aliphatic heterocycles. The minimum absolute atomic E-state index is 0.0748. The molecule has 1 saturated carbocycles. The molecule has 2 aliphatic rings. The van der Waals surface area contributed by atoms with Gasteiger partial charge in [-0.05, 0) is 32.1 Å². The van der Waals surface area contributed by atoms with Crippen LogP contribution < -0.4 is 26.6 Å². The smallest absolute Gasteiger partial charge is 0.329 e. The van der Waals surface area contributed by atoms with Crippen LogP contribution in [0.3, 0.4) is 0 Å². The van der Waals surface area contributed by atoms with E-state index in [2.05, 4.69) is 4.98 Å². The van der Waals surface area contributed by atoms with Crippen molar-refractivity contribution in [2.45, 2.75) is 51.1 Å². The van der Waals surface area contributed by atoms with Gasteiger partial charge in [-0.3, -0.25) is 14.3 Å². The summed E-state index contributed by atoms with van der Waals surface area (Å²) in [7, 11) is 1.37. The summed E-state index contributed by atoms with van der Waals surface area (Å²) in [6.07, 6.45) is -0.805. The molecule has 1 aromatic heterocycles. The van der Waals surface area contributed by atoms with Crippen LogP contribution in [0.4, 0.5) is 18.9 Å². The maximum Gasteiger partial charge on any atom is 0.329 e. The van der Waals surface area contributed by atoms with Gasteiger partial charge in [0.05, 0.1) is 12.5 Å². The molecule has 1 aromatic carbocycles. The summed E-state index contributed by atoms with van der Waals surface area (Å²) >= 11 is 0. The van der Waals surface area contributed by atoms with Crippen molar-refractivity contribution in [3.63, 3.8) is 0 Å². The zero-order valence-electron chi connectivity index (χ0n) is 16.9. The van der Waals surface area contributed by atoms with Crippen LogP contribution in [-0.2, 0) is 0 Å². The Bertz CT molecular complexity index is 1090. The number of halogens is 3. The molecule has 0 bridgehead atoms. The van der Waals surface area contributed by atoms with E-state index < -0.39 is 36.0 Å². The second-order valence-electron chi connectivity index (χ2n) is 8.19. The van der Waals surface area contributed by atoms with E-state index in [1.807, 2.05) is 0 Å². The van der Waals surface area contributed by atoms with Crippen molar-refractivity contribution in [1.82, 2.24) is 9.55 Å². The van der Waals surface area contributed by atoms with Crippen LogP contribution >= 0.6 is 0 Å². The van der Waals surface area contributed by atoms with Crippen molar-refractivity contribution in [3.05, 3.63) is 32.2 Å². The molecular weight excluding hydrogens is 401 g/mol. The third kappa shape index (κ3) is 3.36. The average molecular weight is 426 g/mol. The van der Waals surface area contributed by atoms with Crippen molar-refractivity contribution in [3.8, 4) is 5.75 Å². The summed E-state index contributed by atoms with van der Waals surface area (Å²) < 4.78 is 48.0. The first-order valence-corrected chi connectivity index (χ1v) is 10.1. The molecule has 2 aromatic rings.